The first kappa shape index (κ1) is 15.3. The van der Waals surface area contributed by atoms with Crippen molar-refractivity contribution >= 4 is 11.5 Å². The van der Waals surface area contributed by atoms with Gasteiger partial charge in [0, 0.05) is 5.56 Å². The Morgan fingerprint density at radius 1 is 1.00 bits per heavy atom. The van der Waals surface area contributed by atoms with E-state index >= 15 is 0 Å². The third-order valence-corrected chi connectivity index (χ3v) is 5.55. The van der Waals surface area contributed by atoms with Gasteiger partial charge in [0.15, 0.2) is 6.04 Å². The number of carbonyl (C=O) groups is 1. The van der Waals surface area contributed by atoms with E-state index in [1.54, 1.807) is 0 Å². The van der Waals surface area contributed by atoms with E-state index in [9.17, 15) is 9.90 Å². The number of Topliss-reactive ketones (excluding diaryl/α,β-unsaturated/α-hetero) is 1. The number of fused-ring (bicyclic) bond motifs is 5. The van der Waals surface area contributed by atoms with Gasteiger partial charge in [-0.1, -0.05) is 43.3 Å². The molecule has 2 atom stereocenters. The van der Waals surface area contributed by atoms with Crippen molar-refractivity contribution in [3.05, 3.63) is 71.3 Å². The zero-order valence-corrected chi connectivity index (χ0v) is 14.3. The van der Waals surface area contributed by atoms with E-state index in [2.05, 4.69) is 0 Å². The molecular formula is C21H22NO2+. The van der Waals surface area contributed by atoms with Gasteiger partial charge in [0.25, 0.3) is 5.78 Å². The Hall–Kier alpha value is -2.26. The maximum Gasteiger partial charge on any atom is 0.354 e. The lowest BCUT2D eigenvalue weighted by atomic mass is 9.72. The molecule has 1 aliphatic heterocycles. The van der Waals surface area contributed by atoms with E-state index in [1.165, 1.54) is 0 Å². The second-order valence-electron chi connectivity index (χ2n) is 6.98. The Balaban J connectivity index is 2.15. The van der Waals surface area contributed by atoms with Crippen LogP contribution in [-0.2, 0) is 15.9 Å². The fourth-order valence-electron chi connectivity index (χ4n) is 4.67. The van der Waals surface area contributed by atoms with Crippen molar-refractivity contribution in [1.82, 2.24) is 0 Å². The van der Waals surface area contributed by atoms with E-state index < -0.39 is 11.1 Å². The molecule has 0 saturated heterocycles. The highest BCUT2D eigenvalue weighted by Crippen LogP contribution is 2.55. The highest BCUT2D eigenvalue weighted by molar-refractivity contribution is 6.26. The SMILES string of the molecule is CC[C@@]12C(=O)[C@@](O)(c3ccccc31)[N+](C(C)C)=C2c1ccccc1. The molecule has 2 aromatic rings. The number of carbonyl (C=O) groups excluding carboxylic acids is 1. The molecule has 2 aliphatic rings. The molecule has 4 rings (SSSR count). The lowest BCUT2D eigenvalue weighted by molar-refractivity contribution is -0.667. The van der Waals surface area contributed by atoms with Crippen molar-refractivity contribution in [2.75, 3.05) is 0 Å². The summed E-state index contributed by atoms with van der Waals surface area (Å²) in [6.07, 6.45) is 0.638. The number of hydrogen-bond donors (Lipinski definition) is 1. The van der Waals surface area contributed by atoms with Crippen LogP contribution in [0.1, 0.15) is 43.9 Å². The number of ketones is 1. The Bertz CT molecular complexity index is 868. The molecule has 0 fully saturated rings. The van der Waals surface area contributed by atoms with Crippen LogP contribution in [0.5, 0.6) is 0 Å². The molecule has 0 radical (unpaired) electrons. The molecule has 1 aliphatic carbocycles. The molecule has 2 bridgehead atoms. The molecule has 2 aromatic carbocycles. The standard InChI is InChI=1S/C21H22NO2/c1-4-20-16-12-8-9-13-17(16)21(24,19(20)23)22(14(2)3)18(20)15-10-6-5-7-11-15/h5-14,24H,4H2,1-3H3/q+1/t20-,21+/m1/s1. The molecule has 0 amide bonds. The summed E-state index contributed by atoms with van der Waals surface area (Å²) < 4.78 is 1.93. The molecule has 122 valence electrons. The zero-order valence-electron chi connectivity index (χ0n) is 14.3. The topological polar surface area (TPSA) is 40.3 Å². The second-order valence-corrected chi connectivity index (χ2v) is 6.98. The average Bonchev–Trinajstić information content (AvgIpc) is 2.93. The van der Waals surface area contributed by atoms with Crippen LogP contribution in [0, 0.1) is 0 Å². The monoisotopic (exact) mass is 320 g/mol. The fourth-order valence-corrected chi connectivity index (χ4v) is 4.67. The van der Waals surface area contributed by atoms with Crippen LogP contribution >= 0.6 is 0 Å². The van der Waals surface area contributed by atoms with Gasteiger partial charge in [-0.2, -0.15) is 4.58 Å². The van der Waals surface area contributed by atoms with Crippen LogP contribution in [0.15, 0.2) is 54.6 Å². The largest absolute Gasteiger partial charge is 0.354 e. The van der Waals surface area contributed by atoms with Crippen LogP contribution in [0.2, 0.25) is 0 Å². The molecule has 0 spiro atoms. The van der Waals surface area contributed by atoms with Crippen molar-refractivity contribution in [3.8, 4) is 0 Å². The fraction of sp³-hybridized carbons (Fsp3) is 0.333. The van der Waals surface area contributed by atoms with Gasteiger partial charge >= 0.3 is 5.72 Å². The Morgan fingerprint density at radius 3 is 2.17 bits per heavy atom. The van der Waals surface area contributed by atoms with E-state index in [-0.39, 0.29) is 11.8 Å². The molecule has 0 aromatic heterocycles. The third kappa shape index (κ3) is 1.51. The van der Waals surface area contributed by atoms with Crippen molar-refractivity contribution < 1.29 is 14.5 Å². The number of nitrogens with zero attached hydrogens (tertiary/aromatic N) is 1. The lowest BCUT2D eigenvalue weighted by Crippen LogP contribution is -2.45. The zero-order chi connectivity index (χ0) is 17.1. The quantitative estimate of drug-likeness (QED) is 0.883. The van der Waals surface area contributed by atoms with E-state index in [0.29, 0.717) is 6.42 Å². The minimum absolute atomic E-state index is 0.0101. The van der Waals surface area contributed by atoms with Gasteiger partial charge in [-0.05, 0) is 44.0 Å². The van der Waals surface area contributed by atoms with E-state index in [0.717, 1.165) is 22.4 Å². The van der Waals surface area contributed by atoms with Crippen LogP contribution in [-0.4, -0.2) is 27.2 Å². The predicted octanol–water partition coefficient (Wildman–Crippen LogP) is 2.99. The van der Waals surface area contributed by atoms with E-state index in [1.807, 2.05) is 79.9 Å². The van der Waals surface area contributed by atoms with E-state index in [4.69, 9.17) is 0 Å². The minimum atomic E-state index is -1.56. The minimum Gasteiger partial charge on any atom is -0.325 e. The second kappa shape index (κ2) is 4.87. The van der Waals surface area contributed by atoms with Crippen molar-refractivity contribution in [3.63, 3.8) is 0 Å². The third-order valence-electron chi connectivity index (χ3n) is 5.55. The summed E-state index contributed by atoms with van der Waals surface area (Å²) >= 11 is 0. The lowest BCUT2D eigenvalue weighted by Gasteiger charge is -2.28. The molecule has 0 unspecified atom stereocenters. The molecule has 3 heteroatoms. The van der Waals surface area contributed by atoms with Crippen molar-refractivity contribution in [1.29, 1.82) is 0 Å². The summed E-state index contributed by atoms with van der Waals surface area (Å²) in [4.78, 5) is 13.5. The summed E-state index contributed by atoms with van der Waals surface area (Å²) in [5.74, 6) is -0.105. The smallest absolute Gasteiger partial charge is 0.325 e. The molecular weight excluding hydrogens is 298 g/mol. The van der Waals surface area contributed by atoms with Crippen molar-refractivity contribution in [2.24, 2.45) is 0 Å². The van der Waals surface area contributed by atoms with Crippen LogP contribution in [0.4, 0.5) is 0 Å². The van der Waals surface area contributed by atoms with Crippen molar-refractivity contribution in [2.45, 2.75) is 44.4 Å². The van der Waals surface area contributed by atoms with Gasteiger partial charge in [-0.3, -0.25) is 4.79 Å². The Morgan fingerprint density at radius 2 is 1.58 bits per heavy atom. The summed E-state index contributed by atoms with van der Waals surface area (Å²) in [6.45, 7) is 6.09. The average molecular weight is 320 g/mol. The van der Waals surface area contributed by atoms with Crippen LogP contribution in [0.25, 0.3) is 0 Å². The van der Waals surface area contributed by atoms with Crippen LogP contribution < -0.4 is 0 Å². The summed E-state index contributed by atoms with van der Waals surface area (Å²) in [6, 6.07) is 17.7. The Labute approximate surface area is 142 Å². The first-order valence-corrected chi connectivity index (χ1v) is 8.59. The normalized spacial score (nSPS) is 28.0. The number of hydrogen-bond acceptors (Lipinski definition) is 2. The predicted molar refractivity (Wildman–Crippen MR) is 93.3 cm³/mol. The number of aliphatic hydroxyl groups is 1. The van der Waals surface area contributed by atoms with Gasteiger partial charge in [-0.25, -0.2) is 0 Å². The molecule has 1 N–H and O–H groups in total. The summed E-state index contributed by atoms with van der Waals surface area (Å²) in [7, 11) is 0. The molecule has 3 nitrogen and oxygen atoms in total. The van der Waals surface area contributed by atoms with Gasteiger partial charge in [0.1, 0.15) is 5.41 Å². The first-order valence-electron chi connectivity index (χ1n) is 8.59. The maximum absolute atomic E-state index is 13.5. The first-order chi connectivity index (χ1) is 11.5. The van der Waals surface area contributed by atoms with Crippen LogP contribution in [0.3, 0.4) is 0 Å². The maximum atomic E-state index is 13.5. The molecule has 1 heterocycles. The Kier molecular flexibility index (Phi) is 3.10. The van der Waals surface area contributed by atoms with Gasteiger partial charge in [0.2, 0.25) is 5.71 Å². The van der Waals surface area contributed by atoms with Gasteiger partial charge in [0.05, 0.1) is 5.56 Å². The van der Waals surface area contributed by atoms with Gasteiger partial charge in [-0.15, -0.1) is 0 Å². The van der Waals surface area contributed by atoms with Gasteiger partial charge < -0.3 is 5.11 Å². The highest BCUT2D eigenvalue weighted by atomic mass is 16.3. The number of rotatable bonds is 3. The molecule has 0 saturated carbocycles. The summed E-state index contributed by atoms with van der Waals surface area (Å²) in [5.41, 5.74) is 1.31. The molecule has 24 heavy (non-hydrogen) atoms. The summed E-state index contributed by atoms with van der Waals surface area (Å²) in [5, 5.41) is 11.6. The highest BCUT2D eigenvalue weighted by Gasteiger charge is 2.76. The number of benzene rings is 2.